The number of methoxy groups -OCH3 is 1. The van der Waals surface area contributed by atoms with Crippen LogP contribution in [-0.2, 0) is 26.8 Å². The summed E-state index contributed by atoms with van der Waals surface area (Å²) in [6.45, 7) is 6.56. The van der Waals surface area contributed by atoms with E-state index < -0.39 is 10.0 Å². The quantitative estimate of drug-likeness (QED) is 0.708. The summed E-state index contributed by atoms with van der Waals surface area (Å²) in [7, 11) is -2.07. The van der Waals surface area contributed by atoms with E-state index in [0.717, 1.165) is 11.1 Å². The third kappa shape index (κ3) is 6.07. The zero-order chi connectivity index (χ0) is 20.8. The van der Waals surface area contributed by atoms with Crippen LogP contribution >= 0.6 is 0 Å². The molecule has 28 heavy (non-hydrogen) atoms. The van der Waals surface area contributed by atoms with Gasteiger partial charge in [0.2, 0.25) is 15.9 Å². The summed E-state index contributed by atoms with van der Waals surface area (Å²) in [4.78, 5) is 12.2. The summed E-state index contributed by atoms with van der Waals surface area (Å²) in [6.07, 6.45) is 0.0501. The molecule has 0 aromatic heterocycles. The molecule has 0 fully saturated rings. The van der Waals surface area contributed by atoms with E-state index in [1.54, 1.807) is 19.2 Å². The Hall–Kier alpha value is -2.38. The van der Waals surface area contributed by atoms with Gasteiger partial charge in [0.15, 0.2) is 0 Å². The first kappa shape index (κ1) is 21.9. The molecule has 0 spiro atoms. The first-order chi connectivity index (χ1) is 13.1. The molecule has 0 aliphatic carbocycles. The molecule has 0 heterocycles. The highest BCUT2D eigenvalue weighted by Gasteiger charge is 2.17. The third-order valence-electron chi connectivity index (χ3n) is 4.34. The Morgan fingerprint density at radius 3 is 2.29 bits per heavy atom. The number of hydrogen-bond donors (Lipinski definition) is 2. The van der Waals surface area contributed by atoms with Gasteiger partial charge in [0, 0.05) is 25.1 Å². The van der Waals surface area contributed by atoms with Crippen LogP contribution in [0.2, 0.25) is 0 Å². The zero-order valence-electron chi connectivity index (χ0n) is 16.8. The van der Waals surface area contributed by atoms with Crippen molar-refractivity contribution in [1.82, 2.24) is 10.0 Å². The Balaban J connectivity index is 1.85. The van der Waals surface area contributed by atoms with E-state index in [0.29, 0.717) is 12.3 Å². The van der Waals surface area contributed by atoms with Gasteiger partial charge in [-0.15, -0.1) is 0 Å². The van der Waals surface area contributed by atoms with E-state index in [1.807, 2.05) is 36.4 Å². The highest BCUT2D eigenvalue weighted by Crippen LogP contribution is 2.23. The summed E-state index contributed by atoms with van der Waals surface area (Å²) in [6, 6.07) is 14.2. The summed E-state index contributed by atoms with van der Waals surface area (Å²) in [5.74, 6) is 0.457. The van der Waals surface area contributed by atoms with Gasteiger partial charge in [0.25, 0.3) is 0 Å². The molecule has 0 saturated heterocycles. The Kier molecular flexibility index (Phi) is 7.21. The number of hydrogen-bond acceptors (Lipinski definition) is 4. The van der Waals surface area contributed by atoms with Crippen LogP contribution in [0.25, 0.3) is 0 Å². The monoisotopic (exact) mass is 404 g/mol. The summed E-state index contributed by atoms with van der Waals surface area (Å²) >= 11 is 0. The van der Waals surface area contributed by atoms with Crippen LogP contribution in [0.3, 0.4) is 0 Å². The van der Waals surface area contributed by atoms with Crippen LogP contribution in [0, 0.1) is 0 Å². The number of para-hydroxylation sites is 1. The molecule has 0 aliphatic rings. The maximum atomic E-state index is 12.4. The second-order valence-corrected chi connectivity index (χ2v) is 9.28. The minimum atomic E-state index is -3.65. The maximum Gasteiger partial charge on any atom is 0.240 e. The van der Waals surface area contributed by atoms with Gasteiger partial charge in [-0.2, -0.15) is 0 Å². The van der Waals surface area contributed by atoms with Gasteiger partial charge in [-0.25, -0.2) is 13.1 Å². The van der Waals surface area contributed by atoms with E-state index in [4.69, 9.17) is 4.74 Å². The van der Waals surface area contributed by atoms with Crippen molar-refractivity contribution in [3.05, 3.63) is 59.7 Å². The van der Waals surface area contributed by atoms with Gasteiger partial charge >= 0.3 is 0 Å². The molecule has 0 unspecified atom stereocenters. The lowest BCUT2D eigenvalue weighted by Crippen LogP contribution is -2.30. The predicted molar refractivity (Wildman–Crippen MR) is 110 cm³/mol. The van der Waals surface area contributed by atoms with Crippen LogP contribution in [0.1, 0.15) is 38.3 Å². The lowest BCUT2D eigenvalue weighted by molar-refractivity contribution is -0.121. The largest absolute Gasteiger partial charge is 0.496 e. The van der Waals surface area contributed by atoms with Crippen LogP contribution in [-0.4, -0.2) is 28.0 Å². The molecule has 0 bridgehead atoms. The van der Waals surface area contributed by atoms with Crippen molar-refractivity contribution in [2.75, 3.05) is 13.7 Å². The highest BCUT2D eigenvalue weighted by molar-refractivity contribution is 7.89. The Labute approximate surface area is 167 Å². The highest BCUT2D eigenvalue weighted by atomic mass is 32.2. The fourth-order valence-electron chi connectivity index (χ4n) is 2.65. The first-order valence-corrected chi connectivity index (χ1v) is 10.6. The summed E-state index contributed by atoms with van der Waals surface area (Å²) < 4.78 is 32.5. The number of nitrogens with one attached hydrogen (secondary N) is 2. The zero-order valence-corrected chi connectivity index (χ0v) is 17.6. The fourth-order valence-corrected chi connectivity index (χ4v) is 3.68. The number of carbonyl (C=O) groups is 1. The lowest BCUT2D eigenvalue weighted by Gasteiger charge is -2.19. The Bertz CT molecular complexity index is 901. The SMILES string of the molecule is COc1ccccc1CNC(=O)CCNS(=O)(=O)c1ccc(C(C)(C)C)cc1. The second kappa shape index (κ2) is 9.21. The van der Waals surface area contributed by atoms with Crippen LogP contribution in [0.4, 0.5) is 0 Å². The predicted octanol–water partition coefficient (Wildman–Crippen LogP) is 2.98. The summed E-state index contributed by atoms with van der Waals surface area (Å²) in [5, 5.41) is 2.77. The van der Waals surface area contributed by atoms with E-state index in [9.17, 15) is 13.2 Å². The van der Waals surface area contributed by atoms with Gasteiger partial charge in [-0.05, 0) is 29.2 Å². The normalized spacial score (nSPS) is 11.9. The standard InChI is InChI=1S/C21H28N2O4S/c1-21(2,3)17-9-11-18(12-10-17)28(25,26)23-14-13-20(24)22-15-16-7-5-6-8-19(16)27-4/h5-12,23H,13-15H2,1-4H3,(H,22,24). The lowest BCUT2D eigenvalue weighted by atomic mass is 9.87. The first-order valence-electron chi connectivity index (χ1n) is 9.12. The van der Waals surface area contributed by atoms with E-state index in [-0.39, 0.29) is 29.2 Å². The van der Waals surface area contributed by atoms with Crippen LogP contribution in [0.5, 0.6) is 5.75 Å². The average molecular weight is 405 g/mol. The van der Waals surface area contributed by atoms with E-state index >= 15 is 0 Å². The van der Waals surface area contributed by atoms with Crippen molar-refractivity contribution in [3.63, 3.8) is 0 Å². The third-order valence-corrected chi connectivity index (χ3v) is 5.82. The second-order valence-electron chi connectivity index (χ2n) is 7.51. The number of rotatable bonds is 8. The molecule has 6 nitrogen and oxygen atoms in total. The van der Waals surface area contributed by atoms with Gasteiger partial charge in [-0.1, -0.05) is 51.1 Å². The van der Waals surface area contributed by atoms with Crippen LogP contribution in [0.15, 0.2) is 53.4 Å². The van der Waals surface area contributed by atoms with Crippen LogP contribution < -0.4 is 14.8 Å². The smallest absolute Gasteiger partial charge is 0.240 e. The molecule has 7 heteroatoms. The molecule has 0 radical (unpaired) electrons. The molecule has 2 N–H and O–H groups in total. The maximum absolute atomic E-state index is 12.4. The fraction of sp³-hybridized carbons (Fsp3) is 0.381. The number of ether oxygens (including phenoxy) is 1. The molecule has 0 saturated carbocycles. The van der Waals surface area contributed by atoms with Crippen molar-refractivity contribution in [2.45, 2.75) is 44.0 Å². The molecule has 2 aromatic carbocycles. The molecule has 1 amide bonds. The topological polar surface area (TPSA) is 84.5 Å². The van der Waals surface area contributed by atoms with Crippen molar-refractivity contribution in [2.24, 2.45) is 0 Å². The summed E-state index contributed by atoms with van der Waals surface area (Å²) in [5.41, 5.74) is 1.87. The minimum absolute atomic E-state index is 0.0289. The molecule has 2 aromatic rings. The number of amides is 1. The van der Waals surface area contributed by atoms with Crippen molar-refractivity contribution in [3.8, 4) is 5.75 Å². The molecule has 152 valence electrons. The molecular weight excluding hydrogens is 376 g/mol. The van der Waals surface area contributed by atoms with Gasteiger partial charge in [0.1, 0.15) is 5.75 Å². The number of sulfonamides is 1. The number of carbonyl (C=O) groups excluding carboxylic acids is 1. The molecule has 0 atom stereocenters. The average Bonchev–Trinajstić information content (AvgIpc) is 2.66. The van der Waals surface area contributed by atoms with E-state index in [2.05, 4.69) is 30.8 Å². The van der Waals surface area contributed by atoms with Gasteiger partial charge < -0.3 is 10.1 Å². The molecule has 0 aliphatic heterocycles. The van der Waals surface area contributed by atoms with Crippen molar-refractivity contribution in [1.29, 1.82) is 0 Å². The van der Waals surface area contributed by atoms with Crippen molar-refractivity contribution < 1.29 is 17.9 Å². The Morgan fingerprint density at radius 1 is 1.04 bits per heavy atom. The van der Waals surface area contributed by atoms with E-state index in [1.165, 1.54) is 0 Å². The van der Waals surface area contributed by atoms with Gasteiger partial charge in [-0.3, -0.25) is 4.79 Å². The van der Waals surface area contributed by atoms with Gasteiger partial charge in [0.05, 0.1) is 12.0 Å². The molecular formula is C21H28N2O4S. The number of benzene rings is 2. The molecule has 2 rings (SSSR count). The van der Waals surface area contributed by atoms with Crippen molar-refractivity contribution >= 4 is 15.9 Å². The minimum Gasteiger partial charge on any atom is -0.496 e. The Morgan fingerprint density at radius 2 is 1.68 bits per heavy atom.